The summed E-state index contributed by atoms with van der Waals surface area (Å²) in [7, 11) is 0. The zero-order valence-electron chi connectivity index (χ0n) is 15.0. The van der Waals surface area contributed by atoms with Gasteiger partial charge in [-0.05, 0) is 32.6 Å². The molecule has 1 atom stereocenters. The quantitative estimate of drug-likeness (QED) is 0.795. The van der Waals surface area contributed by atoms with Crippen molar-refractivity contribution in [2.45, 2.75) is 71.9 Å². The molecular formula is C17H28N4O3. The molecule has 0 saturated heterocycles. The van der Waals surface area contributed by atoms with Crippen LogP contribution in [0.3, 0.4) is 0 Å². The van der Waals surface area contributed by atoms with Crippen LogP contribution >= 0.6 is 0 Å². The first-order chi connectivity index (χ1) is 11.2. The van der Waals surface area contributed by atoms with E-state index in [4.69, 9.17) is 0 Å². The van der Waals surface area contributed by atoms with Crippen molar-refractivity contribution in [3.8, 4) is 0 Å². The van der Waals surface area contributed by atoms with Crippen LogP contribution in [0, 0.1) is 11.3 Å². The van der Waals surface area contributed by atoms with Gasteiger partial charge in [-0.1, -0.05) is 31.9 Å². The predicted octanol–water partition coefficient (Wildman–Crippen LogP) is 2.19. The standard InChI is InChI=1S/C17H28N4O3/c1-11(2)15(17(3,4)16(23)24)18-14(22)10-21-9-13(19-20-21)12-7-5-6-8-12/h9,11-12,15H,5-8,10H2,1-4H3,(H,18,22)(H,23,24)/t15-/m1/s1. The molecule has 0 radical (unpaired) electrons. The lowest BCUT2D eigenvalue weighted by molar-refractivity contribution is -0.150. The Hall–Kier alpha value is -1.92. The molecule has 7 heteroatoms. The van der Waals surface area contributed by atoms with Gasteiger partial charge in [0.15, 0.2) is 0 Å². The molecule has 1 amide bonds. The topological polar surface area (TPSA) is 97.1 Å². The summed E-state index contributed by atoms with van der Waals surface area (Å²) in [6.45, 7) is 7.13. The number of aliphatic carboxylic acids is 1. The number of nitrogens with one attached hydrogen (secondary N) is 1. The van der Waals surface area contributed by atoms with Crippen LogP contribution < -0.4 is 5.32 Å². The van der Waals surface area contributed by atoms with Crippen molar-refractivity contribution in [3.63, 3.8) is 0 Å². The fourth-order valence-electron chi connectivity index (χ4n) is 3.48. The van der Waals surface area contributed by atoms with E-state index >= 15 is 0 Å². The van der Waals surface area contributed by atoms with Crippen LogP contribution in [-0.2, 0) is 16.1 Å². The van der Waals surface area contributed by atoms with Crippen molar-refractivity contribution in [2.24, 2.45) is 11.3 Å². The van der Waals surface area contributed by atoms with Crippen molar-refractivity contribution in [1.29, 1.82) is 0 Å². The molecule has 0 spiro atoms. The third-order valence-corrected chi connectivity index (χ3v) is 4.95. The molecule has 1 saturated carbocycles. The zero-order valence-corrected chi connectivity index (χ0v) is 15.0. The van der Waals surface area contributed by atoms with Gasteiger partial charge < -0.3 is 10.4 Å². The fourth-order valence-corrected chi connectivity index (χ4v) is 3.48. The lowest BCUT2D eigenvalue weighted by atomic mass is 9.78. The zero-order chi connectivity index (χ0) is 17.9. The van der Waals surface area contributed by atoms with E-state index in [-0.39, 0.29) is 18.4 Å². The SMILES string of the molecule is CC(C)[C@@H](NC(=O)Cn1cc(C2CCCC2)nn1)C(C)(C)C(=O)O. The average molecular weight is 336 g/mol. The summed E-state index contributed by atoms with van der Waals surface area (Å²) in [5.41, 5.74) is -0.0899. The molecule has 0 aliphatic heterocycles. The van der Waals surface area contributed by atoms with Crippen LogP contribution in [0.25, 0.3) is 0 Å². The first-order valence-electron chi connectivity index (χ1n) is 8.64. The van der Waals surface area contributed by atoms with Gasteiger partial charge in [0.25, 0.3) is 0 Å². The van der Waals surface area contributed by atoms with Crippen LogP contribution in [0.15, 0.2) is 6.20 Å². The van der Waals surface area contributed by atoms with Gasteiger partial charge in [-0.3, -0.25) is 9.59 Å². The number of carboxylic acids is 1. The van der Waals surface area contributed by atoms with Gasteiger partial charge in [-0.15, -0.1) is 5.10 Å². The number of carboxylic acid groups (broad SMARTS) is 1. The summed E-state index contributed by atoms with van der Waals surface area (Å²) < 4.78 is 1.54. The molecule has 1 aliphatic carbocycles. The van der Waals surface area contributed by atoms with E-state index in [1.54, 1.807) is 13.8 Å². The molecule has 1 fully saturated rings. The lowest BCUT2D eigenvalue weighted by Crippen LogP contribution is -2.52. The number of hydrogen-bond acceptors (Lipinski definition) is 4. The number of amides is 1. The highest BCUT2D eigenvalue weighted by atomic mass is 16.4. The van der Waals surface area contributed by atoms with Gasteiger partial charge in [-0.25, -0.2) is 4.68 Å². The van der Waals surface area contributed by atoms with E-state index in [0.717, 1.165) is 18.5 Å². The van der Waals surface area contributed by atoms with Crippen molar-refractivity contribution in [2.75, 3.05) is 0 Å². The summed E-state index contributed by atoms with van der Waals surface area (Å²) in [4.78, 5) is 23.8. The molecule has 1 aliphatic rings. The van der Waals surface area contributed by atoms with E-state index in [9.17, 15) is 14.7 Å². The highest BCUT2D eigenvalue weighted by molar-refractivity contribution is 5.79. The number of rotatable bonds is 7. The van der Waals surface area contributed by atoms with Crippen LogP contribution in [0.4, 0.5) is 0 Å². The molecule has 0 bridgehead atoms. The van der Waals surface area contributed by atoms with Crippen LogP contribution in [0.5, 0.6) is 0 Å². The number of carbonyl (C=O) groups is 2. The molecule has 2 N–H and O–H groups in total. The van der Waals surface area contributed by atoms with Crippen LogP contribution in [0.1, 0.15) is 65.0 Å². The maximum atomic E-state index is 12.3. The van der Waals surface area contributed by atoms with Crippen LogP contribution in [0.2, 0.25) is 0 Å². The predicted molar refractivity (Wildman–Crippen MR) is 89.4 cm³/mol. The molecule has 1 heterocycles. The van der Waals surface area contributed by atoms with Gasteiger partial charge in [-0.2, -0.15) is 0 Å². The van der Waals surface area contributed by atoms with Gasteiger partial charge in [0.1, 0.15) is 6.54 Å². The van der Waals surface area contributed by atoms with Crippen molar-refractivity contribution in [3.05, 3.63) is 11.9 Å². The minimum Gasteiger partial charge on any atom is -0.481 e. The Bertz CT molecular complexity index is 588. The molecule has 1 aromatic heterocycles. The first kappa shape index (κ1) is 18.4. The molecule has 24 heavy (non-hydrogen) atoms. The van der Waals surface area contributed by atoms with Crippen molar-refractivity contribution in [1.82, 2.24) is 20.3 Å². The number of carbonyl (C=O) groups excluding carboxylic acids is 1. The molecule has 134 valence electrons. The van der Waals surface area contributed by atoms with Gasteiger partial charge >= 0.3 is 5.97 Å². The molecule has 0 aromatic carbocycles. The Morgan fingerprint density at radius 3 is 2.54 bits per heavy atom. The second-order valence-corrected chi connectivity index (χ2v) is 7.64. The summed E-state index contributed by atoms with van der Waals surface area (Å²) in [5, 5.41) is 20.5. The summed E-state index contributed by atoms with van der Waals surface area (Å²) >= 11 is 0. The summed E-state index contributed by atoms with van der Waals surface area (Å²) in [5.74, 6) is -0.710. The highest BCUT2D eigenvalue weighted by Gasteiger charge is 2.39. The average Bonchev–Trinajstić information content (AvgIpc) is 3.14. The maximum Gasteiger partial charge on any atom is 0.311 e. The molecular weight excluding hydrogens is 308 g/mol. The number of nitrogens with zero attached hydrogens (tertiary/aromatic N) is 3. The highest BCUT2D eigenvalue weighted by Crippen LogP contribution is 2.32. The molecule has 0 unspecified atom stereocenters. The third kappa shape index (κ3) is 4.13. The smallest absolute Gasteiger partial charge is 0.311 e. The fraction of sp³-hybridized carbons (Fsp3) is 0.765. The Balaban J connectivity index is 1.99. The van der Waals surface area contributed by atoms with E-state index in [0.29, 0.717) is 5.92 Å². The molecule has 2 rings (SSSR count). The third-order valence-electron chi connectivity index (χ3n) is 4.95. The number of hydrogen-bond donors (Lipinski definition) is 2. The van der Waals surface area contributed by atoms with Crippen LogP contribution in [-0.4, -0.2) is 38.0 Å². The second kappa shape index (κ2) is 7.32. The Labute approximate surface area is 142 Å². The van der Waals surface area contributed by atoms with E-state index in [1.165, 1.54) is 17.5 Å². The maximum absolute atomic E-state index is 12.3. The monoisotopic (exact) mass is 336 g/mol. The minimum atomic E-state index is -1.04. The Kier molecular flexibility index (Phi) is 5.62. The van der Waals surface area contributed by atoms with E-state index in [2.05, 4.69) is 15.6 Å². The Morgan fingerprint density at radius 1 is 1.38 bits per heavy atom. The van der Waals surface area contributed by atoms with Gasteiger partial charge in [0.05, 0.1) is 11.1 Å². The summed E-state index contributed by atoms with van der Waals surface area (Å²) in [6, 6.07) is -0.458. The molecule has 1 aromatic rings. The van der Waals surface area contributed by atoms with Gasteiger partial charge in [0, 0.05) is 18.2 Å². The van der Waals surface area contributed by atoms with Gasteiger partial charge in [0.2, 0.25) is 5.91 Å². The molecule has 7 nitrogen and oxygen atoms in total. The first-order valence-corrected chi connectivity index (χ1v) is 8.64. The minimum absolute atomic E-state index is 0.00449. The van der Waals surface area contributed by atoms with E-state index in [1.807, 2.05) is 20.0 Å². The summed E-state index contributed by atoms with van der Waals surface area (Å²) in [6.07, 6.45) is 6.54. The van der Waals surface area contributed by atoms with Crippen molar-refractivity contribution >= 4 is 11.9 Å². The Morgan fingerprint density at radius 2 is 2.00 bits per heavy atom. The lowest BCUT2D eigenvalue weighted by Gasteiger charge is -2.34. The second-order valence-electron chi connectivity index (χ2n) is 7.64. The normalized spacial score (nSPS) is 17.2. The largest absolute Gasteiger partial charge is 0.481 e. The van der Waals surface area contributed by atoms with E-state index < -0.39 is 17.4 Å². The van der Waals surface area contributed by atoms with Crippen molar-refractivity contribution < 1.29 is 14.7 Å². The number of aromatic nitrogens is 3.